The van der Waals surface area contributed by atoms with Crippen molar-refractivity contribution in [1.82, 2.24) is 9.66 Å². The van der Waals surface area contributed by atoms with E-state index in [-0.39, 0.29) is 22.8 Å². The van der Waals surface area contributed by atoms with Crippen LogP contribution in [0.15, 0.2) is 107 Å². The van der Waals surface area contributed by atoms with Crippen molar-refractivity contribution in [2.75, 3.05) is 0 Å². The number of carbonyl (C=O) groups excluding carboxylic acids is 1. The molecule has 186 valence electrons. The third-order valence-corrected chi connectivity index (χ3v) is 5.79. The molecule has 0 aliphatic rings. The maximum absolute atomic E-state index is 13.4. The monoisotopic (exact) mass is 504 g/mol. The summed E-state index contributed by atoms with van der Waals surface area (Å²) in [7, 11) is 0. The first-order valence-corrected chi connectivity index (χ1v) is 11.6. The third kappa shape index (κ3) is 4.93. The Balaban J connectivity index is 1.61. The van der Waals surface area contributed by atoms with Gasteiger partial charge in [0.05, 0.1) is 27.6 Å². The Morgan fingerprint density at radius 2 is 1.68 bits per heavy atom. The highest BCUT2D eigenvalue weighted by molar-refractivity contribution is 5.93. The van der Waals surface area contributed by atoms with Crippen LogP contribution in [0.3, 0.4) is 0 Å². The number of non-ortho nitro benzene ring substituents is 1. The molecule has 5 rings (SSSR count). The number of ether oxygens (including phenoxy) is 1. The van der Waals surface area contributed by atoms with Crippen LogP contribution < -0.4 is 10.3 Å². The van der Waals surface area contributed by atoms with Crippen LogP contribution in [0.4, 0.5) is 5.69 Å². The third-order valence-electron chi connectivity index (χ3n) is 5.79. The minimum atomic E-state index is -0.636. The van der Waals surface area contributed by atoms with E-state index in [1.807, 2.05) is 25.1 Å². The van der Waals surface area contributed by atoms with E-state index in [9.17, 15) is 19.7 Å². The van der Waals surface area contributed by atoms with E-state index >= 15 is 0 Å². The molecule has 5 aromatic rings. The molecule has 0 aliphatic heterocycles. The second-order valence-corrected chi connectivity index (χ2v) is 8.41. The average molecular weight is 505 g/mol. The van der Waals surface area contributed by atoms with Gasteiger partial charge in [0.25, 0.3) is 11.2 Å². The molecule has 1 heterocycles. The summed E-state index contributed by atoms with van der Waals surface area (Å²) in [4.78, 5) is 41.7. The van der Waals surface area contributed by atoms with Gasteiger partial charge in [0.2, 0.25) is 0 Å². The van der Waals surface area contributed by atoms with Crippen molar-refractivity contribution in [3.8, 4) is 17.1 Å². The van der Waals surface area contributed by atoms with Gasteiger partial charge in [-0.3, -0.25) is 14.9 Å². The van der Waals surface area contributed by atoms with Crippen molar-refractivity contribution in [2.24, 2.45) is 5.10 Å². The molecule has 0 unspecified atom stereocenters. The van der Waals surface area contributed by atoms with Crippen LogP contribution in [-0.2, 0) is 0 Å². The molecule has 0 saturated carbocycles. The zero-order valence-electron chi connectivity index (χ0n) is 20.1. The molecule has 0 aliphatic carbocycles. The SMILES string of the molecule is Cc1ccc(C(=O)Oc2ccc([N+](=O)[O-])cc2C=Nn2c(-c3ccccc3)nc3ccccc3c2=O)cc1. The summed E-state index contributed by atoms with van der Waals surface area (Å²) in [6.07, 6.45) is 1.25. The molecule has 0 amide bonds. The molecule has 4 aromatic carbocycles. The molecule has 0 saturated heterocycles. The van der Waals surface area contributed by atoms with Crippen LogP contribution in [0, 0.1) is 17.0 Å². The van der Waals surface area contributed by atoms with E-state index in [0.717, 1.165) is 10.2 Å². The zero-order chi connectivity index (χ0) is 26.6. The van der Waals surface area contributed by atoms with E-state index in [4.69, 9.17) is 4.74 Å². The minimum absolute atomic E-state index is 0.0491. The van der Waals surface area contributed by atoms with Crippen molar-refractivity contribution in [3.05, 3.63) is 134 Å². The van der Waals surface area contributed by atoms with Crippen LogP contribution in [0.5, 0.6) is 5.75 Å². The van der Waals surface area contributed by atoms with Gasteiger partial charge in [-0.15, -0.1) is 0 Å². The van der Waals surface area contributed by atoms with E-state index in [0.29, 0.717) is 22.0 Å². The summed E-state index contributed by atoms with van der Waals surface area (Å²) in [5.41, 5.74) is 1.94. The zero-order valence-corrected chi connectivity index (χ0v) is 20.1. The Bertz CT molecular complexity index is 1760. The summed E-state index contributed by atoms with van der Waals surface area (Å²) in [5.74, 6) is -0.301. The quantitative estimate of drug-likeness (QED) is 0.101. The Morgan fingerprint density at radius 3 is 2.42 bits per heavy atom. The van der Waals surface area contributed by atoms with Crippen LogP contribution in [0.25, 0.3) is 22.3 Å². The van der Waals surface area contributed by atoms with E-state index in [1.54, 1.807) is 60.7 Å². The van der Waals surface area contributed by atoms with E-state index < -0.39 is 16.5 Å². The van der Waals surface area contributed by atoms with Gasteiger partial charge in [-0.2, -0.15) is 9.78 Å². The smallest absolute Gasteiger partial charge is 0.343 e. The lowest BCUT2D eigenvalue weighted by molar-refractivity contribution is -0.384. The number of benzene rings is 4. The molecule has 0 bridgehead atoms. The Labute approximate surface area is 216 Å². The molecule has 9 nitrogen and oxygen atoms in total. The first-order chi connectivity index (χ1) is 18.4. The number of rotatable bonds is 6. The number of nitrogens with zero attached hydrogens (tertiary/aromatic N) is 4. The van der Waals surface area contributed by atoms with E-state index in [2.05, 4.69) is 10.1 Å². The van der Waals surface area contributed by atoms with E-state index in [1.165, 1.54) is 24.4 Å². The number of hydrogen-bond donors (Lipinski definition) is 0. The second kappa shape index (κ2) is 10.3. The number of nitro benzene ring substituents is 1. The summed E-state index contributed by atoms with van der Waals surface area (Å²) >= 11 is 0. The van der Waals surface area contributed by atoms with Gasteiger partial charge in [-0.25, -0.2) is 9.78 Å². The number of esters is 1. The molecule has 9 heteroatoms. The van der Waals surface area contributed by atoms with Crippen molar-refractivity contribution in [3.63, 3.8) is 0 Å². The lowest BCUT2D eigenvalue weighted by Crippen LogP contribution is -2.20. The number of aromatic nitrogens is 2. The maximum atomic E-state index is 13.4. The van der Waals surface area contributed by atoms with Gasteiger partial charge in [0.1, 0.15) is 5.75 Å². The Morgan fingerprint density at radius 1 is 0.974 bits per heavy atom. The van der Waals surface area contributed by atoms with Gasteiger partial charge in [0.15, 0.2) is 5.82 Å². The predicted molar refractivity (Wildman–Crippen MR) is 144 cm³/mol. The van der Waals surface area contributed by atoms with Crippen molar-refractivity contribution in [1.29, 1.82) is 0 Å². The second-order valence-electron chi connectivity index (χ2n) is 8.41. The number of hydrogen-bond acceptors (Lipinski definition) is 7. The van der Waals surface area contributed by atoms with Crippen molar-refractivity contribution in [2.45, 2.75) is 6.92 Å². The highest BCUT2D eigenvalue weighted by Gasteiger charge is 2.16. The van der Waals surface area contributed by atoms with Crippen LogP contribution in [0.1, 0.15) is 21.5 Å². The molecular weight excluding hydrogens is 484 g/mol. The molecular formula is C29H20N4O5. The van der Waals surface area contributed by atoms with Gasteiger partial charge in [-0.05, 0) is 37.3 Å². The van der Waals surface area contributed by atoms with Gasteiger partial charge in [0, 0.05) is 23.3 Å². The number of nitro groups is 1. The fourth-order valence-electron chi connectivity index (χ4n) is 3.82. The highest BCUT2D eigenvalue weighted by Crippen LogP contribution is 2.25. The Hall–Kier alpha value is -5.44. The van der Waals surface area contributed by atoms with Crippen molar-refractivity contribution < 1.29 is 14.5 Å². The minimum Gasteiger partial charge on any atom is -0.422 e. The molecule has 0 N–H and O–H groups in total. The average Bonchev–Trinajstić information content (AvgIpc) is 2.93. The first-order valence-electron chi connectivity index (χ1n) is 11.6. The lowest BCUT2D eigenvalue weighted by Gasteiger charge is -2.10. The van der Waals surface area contributed by atoms with Crippen LogP contribution in [0.2, 0.25) is 0 Å². The molecule has 0 spiro atoms. The van der Waals surface area contributed by atoms with Gasteiger partial charge >= 0.3 is 5.97 Å². The summed E-state index contributed by atoms with van der Waals surface area (Å²) < 4.78 is 6.68. The summed E-state index contributed by atoms with van der Waals surface area (Å²) in [6.45, 7) is 1.90. The number of para-hydroxylation sites is 1. The normalized spacial score (nSPS) is 11.1. The topological polar surface area (TPSA) is 117 Å². The van der Waals surface area contributed by atoms with Crippen LogP contribution >= 0.6 is 0 Å². The fraction of sp³-hybridized carbons (Fsp3) is 0.0345. The molecule has 38 heavy (non-hydrogen) atoms. The fourth-order valence-corrected chi connectivity index (χ4v) is 3.82. The van der Waals surface area contributed by atoms with Gasteiger partial charge < -0.3 is 4.74 Å². The molecule has 0 fully saturated rings. The first kappa shape index (κ1) is 24.3. The largest absolute Gasteiger partial charge is 0.422 e. The molecule has 0 radical (unpaired) electrons. The highest BCUT2D eigenvalue weighted by atomic mass is 16.6. The van der Waals surface area contributed by atoms with Gasteiger partial charge in [-0.1, -0.05) is 60.2 Å². The standard InChI is InChI=1S/C29H20N4O5/c1-19-11-13-21(14-12-19)29(35)38-26-16-15-23(33(36)37)17-22(26)18-30-32-27(20-7-3-2-4-8-20)31-25-10-6-5-9-24(25)28(32)34/h2-18H,1H3. The maximum Gasteiger partial charge on any atom is 0.343 e. The molecule has 0 atom stereocenters. The number of aryl methyl sites for hydroxylation is 1. The molecule has 1 aromatic heterocycles. The van der Waals surface area contributed by atoms with Crippen molar-refractivity contribution >= 4 is 28.8 Å². The predicted octanol–water partition coefficient (Wildman–Crippen LogP) is 5.38. The number of carbonyl (C=O) groups is 1. The summed E-state index contributed by atoms with van der Waals surface area (Å²) in [5, 5.41) is 16.2. The van der Waals surface area contributed by atoms with Crippen LogP contribution in [-0.4, -0.2) is 26.8 Å². The Kier molecular flexibility index (Phi) is 6.56. The lowest BCUT2D eigenvalue weighted by atomic mass is 10.1. The summed E-state index contributed by atoms with van der Waals surface area (Å²) in [6, 6.07) is 26.5. The number of fused-ring (bicyclic) bond motifs is 1.